The highest BCUT2D eigenvalue weighted by atomic mass is 15.3. The number of hydrogen-bond acceptors (Lipinski definition) is 4. The number of nitrogens with one attached hydrogen (secondary N) is 1. The summed E-state index contributed by atoms with van der Waals surface area (Å²) in [5.74, 6) is 0.997. The molecule has 1 N–H and O–H groups in total. The number of aryl methyl sites for hydroxylation is 1. The maximum Gasteiger partial charge on any atom is 0.146 e. The number of para-hydroxylation sites is 1. The van der Waals surface area contributed by atoms with E-state index in [1.807, 2.05) is 11.7 Å². The predicted molar refractivity (Wildman–Crippen MR) is 79.4 cm³/mol. The molecule has 1 aliphatic rings. The molecule has 0 fully saturated rings. The molecule has 2 aromatic rings. The summed E-state index contributed by atoms with van der Waals surface area (Å²) < 4.78 is 1.85. The van der Waals surface area contributed by atoms with Crippen molar-refractivity contribution >= 4 is 5.69 Å². The van der Waals surface area contributed by atoms with E-state index < -0.39 is 0 Å². The van der Waals surface area contributed by atoms with Crippen molar-refractivity contribution in [3.63, 3.8) is 0 Å². The molecule has 1 unspecified atom stereocenters. The SMILES string of the molecule is CCC1CN(Cc2ncnn2C)c2ccccc2CN1. The molecule has 0 radical (unpaired) electrons. The lowest BCUT2D eigenvalue weighted by Crippen LogP contribution is -2.37. The predicted octanol–water partition coefficient (Wildman–Crippen LogP) is 1.70. The van der Waals surface area contributed by atoms with Crippen LogP contribution in [0, 0.1) is 0 Å². The van der Waals surface area contributed by atoms with E-state index in [0.717, 1.165) is 31.9 Å². The first-order valence-electron chi connectivity index (χ1n) is 7.17. The molecule has 1 aromatic heterocycles. The maximum atomic E-state index is 4.35. The van der Waals surface area contributed by atoms with Crippen LogP contribution in [0.4, 0.5) is 5.69 Å². The topological polar surface area (TPSA) is 46.0 Å². The van der Waals surface area contributed by atoms with Crippen LogP contribution >= 0.6 is 0 Å². The van der Waals surface area contributed by atoms with Gasteiger partial charge >= 0.3 is 0 Å². The molecule has 5 heteroatoms. The van der Waals surface area contributed by atoms with Crippen LogP contribution in [0.15, 0.2) is 30.6 Å². The zero-order valence-corrected chi connectivity index (χ0v) is 12.1. The summed E-state index contributed by atoms with van der Waals surface area (Å²) >= 11 is 0. The third-order valence-corrected chi connectivity index (χ3v) is 3.98. The highest BCUT2D eigenvalue weighted by Crippen LogP contribution is 2.25. The Morgan fingerprint density at radius 2 is 2.20 bits per heavy atom. The fraction of sp³-hybridized carbons (Fsp3) is 0.467. The third kappa shape index (κ3) is 2.54. The maximum absolute atomic E-state index is 4.35. The Balaban J connectivity index is 1.91. The van der Waals surface area contributed by atoms with Gasteiger partial charge < -0.3 is 10.2 Å². The van der Waals surface area contributed by atoms with Crippen molar-refractivity contribution in [2.75, 3.05) is 11.4 Å². The first-order chi connectivity index (χ1) is 9.78. The largest absolute Gasteiger partial charge is 0.362 e. The van der Waals surface area contributed by atoms with Gasteiger partial charge in [-0.05, 0) is 18.1 Å². The van der Waals surface area contributed by atoms with E-state index in [2.05, 4.69) is 51.5 Å². The van der Waals surface area contributed by atoms with Crippen molar-refractivity contribution < 1.29 is 0 Å². The molecule has 20 heavy (non-hydrogen) atoms. The Labute approximate surface area is 119 Å². The number of hydrogen-bond donors (Lipinski definition) is 1. The molecule has 0 bridgehead atoms. The van der Waals surface area contributed by atoms with E-state index in [4.69, 9.17) is 0 Å². The van der Waals surface area contributed by atoms with Crippen molar-refractivity contribution in [3.8, 4) is 0 Å². The zero-order valence-electron chi connectivity index (χ0n) is 12.1. The van der Waals surface area contributed by atoms with Crippen LogP contribution in [-0.4, -0.2) is 27.4 Å². The zero-order chi connectivity index (χ0) is 13.9. The quantitative estimate of drug-likeness (QED) is 0.923. The molecular formula is C15H21N5. The molecule has 0 saturated heterocycles. The summed E-state index contributed by atoms with van der Waals surface area (Å²) in [4.78, 5) is 6.76. The van der Waals surface area contributed by atoms with E-state index in [9.17, 15) is 0 Å². The van der Waals surface area contributed by atoms with Gasteiger partial charge in [0.25, 0.3) is 0 Å². The number of fused-ring (bicyclic) bond motifs is 1. The second kappa shape index (κ2) is 5.63. The minimum absolute atomic E-state index is 0.510. The lowest BCUT2D eigenvalue weighted by atomic mass is 10.1. The lowest BCUT2D eigenvalue weighted by molar-refractivity contribution is 0.498. The Morgan fingerprint density at radius 1 is 1.35 bits per heavy atom. The van der Waals surface area contributed by atoms with Gasteiger partial charge in [0.1, 0.15) is 12.2 Å². The fourth-order valence-electron chi connectivity index (χ4n) is 2.71. The first kappa shape index (κ1) is 13.1. The lowest BCUT2D eigenvalue weighted by Gasteiger charge is -2.26. The summed E-state index contributed by atoms with van der Waals surface area (Å²) in [6.45, 7) is 4.96. The van der Waals surface area contributed by atoms with E-state index in [0.29, 0.717) is 6.04 Å². The van der Waals surface area contributed by atoms with Crippen molar-refractivity contribution in [1.82, 2.24) is 20.1 Å². The van der Waals surface area contributed by atoms with Gasteiger partial charge in [0.05, 0.1) is 6.54 Å². The minimum Gasteiger partial charge on any atom is -0.362 e. The van der Waals surface area contributed by atoms with Gasteiger partial charge in [-0.15, -0.1) is 0 Å². The Bertz CT molecular complexity index is 577. The Morgan fingerprint density at radius 3 is 2.95 bits per heavy atom. The van der Waals surface area contributed by atoms with Gasteiger partial charge in [0.2, 0.25) is 0 Å². The summed E-state index contributed by atoms with van der Waals surface area (Å²) in [5.41, 5.74) is 2.66. The summed E-state index contributed by atoms with van der Waals surface area (Å²) in [6.07, 6.45) is 2.75. The molecule has 1 aromatic carbocycles. The monoisotopic (exact) mass is 271 g/mol. The molecule has 0 amide bonds. The first-order valence-corrected chi connectivity index (χ1v) is 7.17. The number of aromatic nitrogens is 3. The van der Waals surface area contributed by atoms with E-state index in [-0.39, 0.29) is 0 Å². The summed E-state index contributed by atoms with van der Waals surface area (Å²) in [5, 5.41) is 7.79. The average molecular weight is 271 g/mol. The summed E-state index contributed by atoms with van der Waals surface area (Å²) in [6, 6.07) is 9.12. The van der Waals surface area contributed by atoms with Gasteiger partial charge in [-0.3, -0.25) is 4.68 Å². The molecule has 0 aliphatic carbocycles. The molecule has 0 saturated carbocycles. The highest BCUT2D eigenvalue weighted by Gasteiger charge is 2.21. The number of anilines is 1. The molecule has 0 spiro atoms. The van der Waals surface area contributed by atoms with Crippen LogP contribution in [0.2, 0.25) is 0 Å². The van der Waals surface area contributed by atoms with E-state index in [1.165, 1.54) is 11.3 Å². The average Bonchev–Trinajstić information content (AvgIpc) is 2.78. The van der Waals surface area contributed by atoms with Gasteiger partial charge in [-0.1, -0.05) is 25.1 Å². The Hall–Kier alpha value is -1.88. The molecule has 5 nitrogen and oxygen atoms in total. The van der Waals surface area contributed by atoms with Crippen LogP contribution < -0.4 is 10.2 Å². The van der Waals surface area contributed by atoms with Crippen molar-refractivity contribution in [2.45, 2.75) is 32.5 Å². The normalized spacial score (nSPS) is 18.7. The van der Waals surface area contributed by atoms with Gasteiger partial charge in [-0.2, -0.15) is 5.10 Å². The van der Waals surface area contributed by atoms with Gasteiger partial charge in [0.15, 0.2) is 0 Å². The fourth-order valence-corrected chi connectivity index (χ4v) is 2.71. The van der Waals surface area contributed by atoms with Crippen LogP contribution in [0.25, 0.3) is 0 Å². The molecule has 3 rings (SSSR count). The van der Waals surface area contributed by atoms with E-state index >= 15 is 0 Å². The number of nitrogens with zero attached hydrogens (tertiary/aromatic N) is 4. The third-order valence-electron chi connectivity index (χ3n) is 3.98. The second-order valence-corrected chi connectivity index (χ2v) is 5.30. The molecule has 2 heterocycles. The van der Waals surface area contributed by atoms with Crippen LogP contribution in [0.1, 0.15) is 24.7 Å². The summed E-state index contributed by atoms with van der Waals surface area (Å²) in [7, 11) is 1.95. The minimum atomic E-state index is 0.510. The second-order valence-electron chi connectivity index (χ2n) is 5.30. The van der Waals surface area contributed by atoms with Crippen LogP contribution in [0.3, 0.4) is 0 Å². The van der Waals surface area contributed by atoms with Crippen molar-refractivity contribution in [2.24, 2.45) is 7.05 Å². The molecular weight excluding hydrogens is 250 g/mol. The van der Waals surface area contributed by atoms with Gasteiger partial charge in [-0.25, -0.2) is 4.98 Å². The number of rotatable bonds is 3. The van der Waals surface area contributed by atoms with Crippen molar-refractivity contribution in [3.05, 3.63) is 42.0 Å². The van der Waals surface area contributed by atoms with Gasteiger partial charge in [0, 0.05) is 31.9 Å². The van der Waals surface area contributed by atoms with Crippen LogP contribution in [0.5, 0.6) is 0 Å². The van der Waals surface area contributed by atoms with Crippen LogP contribution in [-0.2, 0) is 20.1 Å². The smallest absolute Gasteiger partial charge is 0.146 e. The standard InChI is InChI=1S/C15H21N5/c1-3-13-9-20(10-15-17-11-18-19(15)2)14-7-5-4-6-12(14)8-16-13/h4-7,11,13,16H,3,8-10H2,1-2H3. The van der Waals surface area contributed by atoms with Crippen molar-refractivity contribution in [1.29, 1.82) is 0 Å². The Kier molecular flexibility index (Phi) is 3.69. The number of benzene rings is 1. The highest BCUT2D eigenvalue weighted by molar-refractivity contribution is 5.54. The molecule has 1 atom stereocenters. The molecule has 1 aliphatic heterocycles. The molecule has 106 valence electrons. The van der Waals surface area contributed by atoms with E-state index in [1.54, 1.807) is 6.33 Å².